The average Bonchev–Trinajstić information content (AvgIpc) is 2.75. The fourth-order valence-corrected chi connectivity index (χ4v) is 2.56. The summed E-state index contributed by atoms with van der Waals surface area (Å²) >= 11 is 0. The zero-order valence-corrected chi connectivity index (χ0v) is 15.9. The molecule has 3 aromatic rings. The lowest BCUT2D eigenvalue weighted by molar-refractivity contribution is 0.0600. The third-order valence-corrected chi connectivity index (χ3v) is 4.07. The first kappa shape index (κ1) is 19.8. The zero-order valence-electron chi connectivity index (χ0n) is 15.9. The van der Waals surface area contributed by atoms with E-state index in [0.717, 1.165) is 5.56 Å². The number of nitrogens with one attached hydrogen (secondary N) is 2. The van der Waals surface area contributed by atoms with Crippen molar-refractivity contribution in [1.29, 1.82) is 0 Å². The van der Waals surface area contributed by atoms with Gasteiger partial charge in [0.2, 0.25) is 0 Å². The van der Waals surface area contributed by atoms with Crippen LogP contribution in [0.15, 0.2) is 66.7 Å². The van der Waals surface area contributed by atoms with Crippen molar-refractivity contribution < 1.29 is 19.1 Å². The van der Waals surface area contributed by atoms with Crippen molar-refractivity contribution in [2.75, 3.05) is 17.7 Å². The monoisotopic (exact) mass is 389 g/mol. The number of nitrogens with zero attached hydrogens (tertiary/aromatic N) is 1. The van der Waals surface area contributed by atoms with Crippen molar-refractivity contribution in [3.8, 4) is 0 Å². The third kappa shape index (κ3) is 5.04. The molecule has 0 saturated heterocycles. The number of esters is 1. The SMILES string of the molecule is COC(=O)c1cccc(NC(=O)c2cccc(C(=O)Nc3ccc(C)cc3)n2)c1. The summed E-state index contributed by atoms with van der Waals surface area (Å²) in [6, 6.07) is 18.3. The molecule has 3 rings (SSSR count). The molecule has 0 fully saturated rings. The summed E-state index contributed by atoms with van der Waals surface area (Å²) < 4.78 is 4.67. The highest BCUT2D eigenvalue weighted by Crippen LogP contribution is 2.14. The Balaban J connectivity index is 1.73. The Hall–Kier alpha value is -4.00. The second-order valence-corrected chi connectivity index (χ2v) is 6.25. The number of anilines is 2. The molecule has 29 heavy (non-hydrogen) atoms. The van der Waals surface area contributed by atoms with Crippen LogP contribution in [0, 0.1) is 6.92 Å². The fourth-order valence-electron chi connectivity index (χ4n) is 2.56. The Morgan fingerprint density at radius 2 is 1.38 bits per heavy atom. The zero-order chi connectivity index (χ0) is 20.8. The molecule has 2 N–H and O–H groups in total. The molecule has 0 saturated carbocycles. The number of carbonyl (C=O) groups is 3. The van der Waals surface area contributed by atoms with Crippen LogP contribution in [0.2, 0.25) is 0 Å². The molecule has 7 heteroatoms. The van der Waals surface area contributed by atoms with Gasteiger partial charge in [-0.2, -0.15) is 0 Å². The summed E-state index contributed by atoms with van der Waals surface area (Å²) in [6.07, 6.45) is 0. The highest BCUT2D eigenvalue weighted by atomic mass is 16.5. The standard InChI is InChI=1S/C22H19N3O4/c1-14-9-11-16(12-10-14)23-20(26)18-7-4-8-19(25-18)21(27)24-17-6-3-5-15(13-17)22(28)29-2/h3-13H,1-2H3,(H,23,26)(H,24,27). The van der Waals surface area contributed by atoms with Crippen LogP contribution in [-0.4, -0.2) is 29.9 Å². The molecular formula is C22H19N3O4. The number of aromatic nitrogens is 1. The number of hydrogen-bond acceptors (Lipinski definition) is 5. The maximum absolute atomic E-state index is 12.5. The lowest BCUT2D eigenvalue weighted by Gasteiger charge is -2.08. The molecule has 0 aliphatic carbocycles. The fraction of sp³-hybridized carbons (Fsp3) is 0.0909. The van der Waals surface area contributed by atoms with Crippen LogP contribution in [0.4, 0.5) is 11.4 Å². The number of amides is 2. The van der Waals surface area contributed by atoms with Crippen LogP contribution in [0.3, 0.4) is 0 Å². The van der Waals surface area contributed by atoms with Crippen LogP contribution in [0.5, 0.6) is 0 Å². The van der Waals surface area contributed by atoms with Crippen molar-refractivity contribution in [1.82, 2.24) is 4.98 Å². The topological polar surface area (TPSA) is 97.4 Å². The molecule has 0 atom stereocenters. The number of carbonyl (C=O) groups excluding carboxylic acids is 3. The Labute approximate surface area is 167 Å². The van der Waals surface area contributed by atoms with Gasteiger partial charge in [-0.3, -0.25) is 9.59 Å². The van der Waals surface area contributed by atoms with Gasteiger partial charge in [-0.1, -0.05) is 29.8 Å². The van der Waals surface area contributed by atoms with Crippen molar-refractivity contribution in [2.24, 2.45) is 0 Å². The minimum Gasteiger partial charge on any atom is -0.465 e. The normalized spacial score (nSPS) is 10.1. The number of hydrogen-bond donors (Lipinski definition) is 2. The van der Waals surface area contributed by atoms with E-state index < -0.39 is 17.8 Å². The second kappa shape index (κ2) is 8.79. The summed E-state index contributed by atoms with van der Waals surface area (Å²) in [7, 11) is 1.28. The molecular weight excluding hydrogens is 370 g/mol. The van der Waals surface area contributed by atoms with Crippen LogP contribution in [-0.2, 0) is 4.74 Å². The predicted molar refractivity (Wildman–Crippen MR) is 109 cm³/mol. The number of methoxy groups -OCH3 is 1. The van der Waals surface area contributed by atoms with Crippen LogP contribution >= 0.6 is 0 Å². The van der Waals surface area contributed by atoms with Crippen molar-refractivity contribution in [2.45, 2.75) is 6.92 Å². The number of rotatable bonds is 5. The van der Waals surface area contributed by atoms with Gasteiger partial charge in [0.05, 0.1) is 12.7 Å². The van der Waals surface area contributed by atoms with Gasteiger partial charge >= 0.3 is 5.97 Å². The summed E-state index contributed by atoms with van der Waals surface area (Å²) in [5, 5.41) is 5.40. The van der Waals surface area contributed by atoms with Crippen LogP contribution < -0.4 is 10.6 Å². The summed E-state index contributed by atoms with van der Waals surface area (Å²) in [5.74, 6) is -1.43. The van der Waals surface area contributed by atoms with E-state index in [4.69, 9.17) is 0 Å². The highest BCUT2D eigenvalue weighted by Gasteiger charge is 2.14. The molecule has 7 nitrogen and oxygen atoms in total. The summed E-state index contributed by atoms with van der Waals surface area (Å²) in [5.41, 5.74) is 2.62. The van der Waals surface area contributed by atoms with E-state index in [1.807, 2.05) is 19.1 Å². The van der Waals surface area contributed by atoms with Gasteiger partial charge in [-0.05, 0) is 49.4 Å². The first-order valence-electron chi connectivity index (χ1n) is 8.81. The van der Waals surface area contributed by atoms with E-state index in [-0.39, 0.29) is 11.4 Å². The van der Waals surface area contributed by atoms with E-state index in [2.05, 4.69) is 20.4 Å². The number of benzene rings is 2. The lowest BCUT2D eigenvalue weighted by Crippen LogP contribution is -2.18. The van der Waals surface area contributed by atoms with E-state index in [1.165, 1.54) is 25.3 Å². The van der Waals surface area contributed by atoms with Gasteiger partial charge in [-0.25, -0.2) is 9.78 Å². The molecule has 2 aromatic carbocycles. The molecule has 0 radical (unpaired) electrons. The summed E-state index contributed by atoms with van der Waals surface area (Å²) in [4.78, 5) is 40.7. The summed E-state index contributed by atoms with van der Waals surface area (Å²) in [6.45, 7) is 1.95. The Morgan fingerprint density at radius 1 is 0.793 bits per heavy atom. The van der Waals surface area contributed by atoms with Gasteiger partial charge in [0.15, 0.2) is 0 Å². The minimum absolute atomic E-state index is 0.0741. The van der Waals surface area contributed by atoms with Crippen LogP contribution in [0.1, 0.15) is 36.9 Å². The molecule has 1 heterocycles. The Morgan fingerprint density at radius 3 is 2.00 bits per heavy atom. The smallest absolute Gasteiger partial charge is 0.337 e. The lowest BCUT2D eigenvalue weighted by atomic mass is 10.2. The first-order valence-corrected chi connectivity index (χ1v) is 8.81. The van der Waals surface area contributed by atoms with Crippen molar-refractivity contribution >= 4 is 29.2 Å². The average molecular weight is 389 g/mol. The van der Waals surface area contributed by atoms with Crippen molar-refractivity contribution in [3.63, 3.8) is 0 Å². The third-order valence-electron chi connectivity index (χ3n) is 4.07. The predicted octanol–water partition coefficient (Wildman–Crippen LogP) is 3.68. The molecule has 0 bridgehead atoms. The maximum Gasteiger partial charge on any atom is 0.337 e. The van der Waals surface area contributed by atoms with Crippen molar-refractivity contribution in [3.05, 3.63) is 89.2 Å². The molecule has 0 unspecified atom stereocenters. The molecule has 2 amide bonds. The van der Waals surface area contributed by atoms with E-state index in [1.54, 1.807) is 36.4 Å². The Kier molecular flexibility index (Phi) is 5.99. The molecule has 0 spiro atoms. The number of aryl methyl sites for hydroxylation is 1. The number of pyridine rings is 1. The molecule has 0 aliphatic heterocycles. The van der Waals surface area contributed by atoms with Crippen LogP contribution in [0.25, 0.3) is 0 Å². The van der Waals surface area contributed by atoms with Gasteiger partial charge in [-0.15, -0.1) is 0 Å². The largest absolute Gasteiger partial charge is 0.465 e. The first-order chi connectivity index (χ1) is 14.0. The molecule has 1 aromatic heterocycles. The second-order valence-electron chi connectivity index (χ2n) is 6.25. The molecule has 0 aliphatic rings. The quantitative estimate of drug-likeness (QED) is 0.649. The molecule has 146 valence electrons. The minimum atomic E-state index is -0.506. The van der Waals surface area contributed by atoms with Gasteiger partial charge in [0.25, 0.3) is 11.8 Å². The van der Waals surface area contributed by atoms with Gasteiger partial charge in [0.1, 0.15) is 11.4 Å². The van der Waals surface area contributed by atoms with E-state index in [0.29, 0.717) is 16.9 Å². The maximum atomic E-state index is 12.5. The highest BCUT2D eigenvalue weighted by molar-refractivity contribution is 6.06. The number of ether oxygens (including phenoxy) is 1. The van der Waals surface area contributed by atoms with E-state index in [9.17, 15) is 14.4 Å². The van der Waals surface area contributed by atoms with Gasteiger partial charge < -0.3 is 15.4 Å². The van der Waals surface area contributed by atoms with Gasteiger partial charge in [0, 0.05) is 11.4 Å². The van der Waals surface area contributed by atoms with E-state index >= 15 is 0 Å². The Bertz CT molecular complexity index is 1060.